The van der Waals surface area contributed by atoms with Crippen LogP contribution in [0, 0.1) is 0 Å². The Balaban J connectivity index is 4.72. The fourth-order valence-electron chi connectivity index (χ4n) is 2.32. The van der Waals surface area contributed by atoms with Crippen LogP contribution in [0.25, 0.3) is 0 Å². The molecule has 1 N–H and O–H groups in total. The molecule has 0 aliphatic heterocycles. The quantitative estimate of drug-likeness (QED) is 0.206. The average molecular weight is 308 g/mol. The van der Waals surface area contributed by atoms with E-state index in [0.717, 1.165) is 32.0 Å². The van der Waals surface area contributed by atoms with Crippen molar-refractivity contribution >= 4 is 16.1 Å². The van der Waals surface area contributed by atoms with E-state index in [4.69, 9.17) is 9.29 Å². The van der Waals surface area contributed by atoms with E-state index in [9.17, 15) is 13.2 Å². The van der Waals surface area contributed by atoms with Crippen LogP contribution in [0.4, 0.5) is 0 Å². The van der Waals surface area contributed by atoms with E-state index in [1.54, 1.807) is 0 Å². The van der Waals surface area contributed by atoms with Gasteiger partial charge in [-0.1, -0.05) is 20.4 Å². The molecular weight excluding hydrogens is 282 g/mol. The molecule has 0 spiro atoms. The zero-order valence-corrected chi connectivity index (χ0v) is 13.2. The Labute approximate surface area is 121 Å². The summed E-state index contributed by atoms with van der Waals surface area (Å²) in [6.07, 6.45) is 3.25. The minimum Gasteiger partial charge on any atom is -0.412 e. The second kappa shape index (κ2) is 9.10. The topological polar surface area (TPSA) is 80.7 Å². The van der Waals surface area contributed by atoms with E-state index in [1.165, 1.54) is 0 Å². The summed E-state index contributed by atoms with van der Waals surface area (Å²) in [4.78, 5) is 11.2. The molecule has 0 aromatic heterocycles. The van der Waals surface area contributed by atoms with E-state index < -0.39 is 16.1 Å². The molecule has 118 valence electrons. The monoisotopic (exact) mass is 308 g/mol. The maximum Gasteiger partial charge on any atom is 0.334 e. The van der Waals surface area contributed by atoms with Gasteiger partial charge >= 0.3 is 5.97 Å². The van der Waals surface area contributed by atoms with Crippen molar-refractivity contribution in [3.05, 3.63) is 12.7 Å². The van der Waals surface area contributed by atoms with Crippen molar-refractivity contribution in [3.8, 4) is 0 Å². The molecule has 0 saturated carbocycles. The summed E-state index contributed by atoms with van der Waals surface area (Å²) in [6.45, 7) is 9.76. The van der Waals surface area contributed by atoms with Crippen molar-refractivity contribution < 1.29 is 27.0 Å². The molecule has 0 aliphatic carbocycles. The summed E-state index contributed by atoms with van der Waals surface area (Å²) in [6, 6.07) is 0. The Morgan fingerprint density at radius 3 is 2.20 bits per heavy atom. The zero-order chi connectivity index (χ0) is 15.6. The Kier molecular flexibility index (Phi) is 8.68. The number of carbonyl (C=O) groups excluding carboxylic acids is 1. The molecule has 0 rings (SSSR count). The molecule has 0 bridgehead atoms. The summed E-state index contributed by atoms with van der Waals surface area (Å²) < 4.78 is 36.1. The van der Waals surface area contributed by atoms with Crippen LogP contribution in [0.5, 0.6) is 0 Å². The number of carbonyl (C=O) groups is 1. The van der Waals surface area contributed by atoms with Crippen LogP contribution in [0.1, 0.15) is 33.1 Å². The first-order valence-corrected chi connectivity index (χ1v) is 8.49. The van der Waals surface area contributed by atoms with Crippen LogP contribution in [0.3, 0.4) is 0 Å². The normalized spacial score (nSPS) is 12.2. The van der Waals surface area contributed by atoms with Gasteiger partial charge in [-0.15, -0.1) is 0 Å². The molecule has 0 atom stereocenters. The smallest absolute Gasteiger partial charge is 0.334 e. The molecular formula is C13H26NO5S+. The third-order valence-corrected chi connectivity index (χ3v) is 3.88. The molecule has 7 heteroatoms. The standard InChI is InChI=1S/C13H25NO5S/c1-4-8-14(9-5-2,12-19-13(15)6-3)10-7-11-20(16,17)18/h6H,3-5,7-12H2,1-2H3/p+1. The summed E-state index contributed by atoms with van der Waals surface area (Å²) in [7, 11) is -3.95. The highest BCUT2D eigenvalue weighted by Crippen LogP contribution is 2.13. The molecule has 0 aromatic carbocycles. The molecule has 0 fully saturated rings. The van der Waals surface area contributed by atoms with Crippen LogP contribution in [0.15, 0.2) is 12.7 Å². The van der Waals surface area contributed by atoms with Gasteiger partial charge in [0.25, 0.3) is 10.1 Å². The lowest BCUT2D eigenvalue weighted by Crippen LogP contribution is -2.52. The minimum atomic E-state index is -3.95. The van der Waals surface area contributed by atoms with Crippen LogP contribution in [-0.4, -0.2) is 55.5 Å². The predicted molar refractivity (Wildman–Crippen MR) is 77.6 cm³/mol. The average Bonchev–Trinajstić information content (AvgIpc) is 2.35. The van der Waals surface area contributed by atoms with E-state index in [1.807, 2.05) is 13.8 Å². The minimum absolute atomic E-state index is 0.206. The molecule has 0 saturated heterocycles. The summed E-state index contributed by atoms with van der Waals surface area (Å²) in [5, 5.41) is 0. The van der Waals surface area contributed by atoms with Gasteiger partial charge in [0.05, 0.1) is 25.4 Å². The molecule has 20 heavy (non-hydrogen) atoms. The predicted octanol–water partition coefficient (Wildman–Crippen LogP) is 1.59. The highest BCUT2D eigenvalue weighted by atomic mass is 32.2. The van der Waals surface area contributed by atoms with Gasteiger partial charge in [-0.2, -0.15) is 8.42 Å². The first-order valence-electron chi connectivity index (χ1n) is 6.88. The maximum atomic E-state index is 11.2. The Morgan fingerprint density at radius 2 is 1.80 bits per heavy atom. The van der Waals surface area contributed by atoms with Gasteiger partial charge in [0.15, 0.2) is 0 Å². The summed E-state index contributed by atoms with van der Waals surface area (Å²) >= 11 is 0. The van der Waals surface area contributed by atoms with Gasteiger partial charge < -0.3 is 4.74 Å². The van der Waals surface area contributed by atoms with Crippen molar-refractivity contribution in [2.45, 2.75) is 33.1 Å². The van der Waals surface area contributed by atoms with Crippen molar-refractivity contribution in [1.29, 1.82) is 0 Å². The SMILES string of the molecule is C=CC(=O)OC[N+](CCC)(CCC)CCCS(=O)(=O)O. The van der Waals surface area contributed by atoms with Crippen molar-refractivity contribution in [1.82, 2.24) is 0 Å². The molecule has 0 heterocycles. The fourth-order valence-corrected chi connectivity index (χ4v) is 2.81. The molecule has 6 nitrogen and oxygen atoms in total. The lowest BCUT2D eigenvalue weighted by atomic mass is 10.2. The van der Waals surface area contributed by atoms with Gasteiger partial charge in [0.2, 0.25) is 6.73 Å². The molecule has 0 aliphatic rings. The Morgan fingerprint density at radius 1 is 1.25 bits per heavy atom. The van der Waals surface area contributed by atoms with E-state index >= 15 is 0 Å². The highest BCUT2D eigenvalue weighted by Gasteiger charge is 2.27. The summed E-state index contributed by atoms with van der Waals surface area (Å²) in [5.74, 6) is -0.745. The van der Waals surface area contributed by atoms with E-state index in [2.05, 4.69) is 6.58 Å². The second-order valence-corrected chi connectivity index (χ2v) is 6.52. The number of hydrogen-bond donors (Lipinski definition) is 1. The van der Waals surface area contributed by atoms with Gasteiger partial charge in [-0.3, -0.25) is 9.04 Å². The van der Waals surface area contributed by atoms with Crippen LogP contribution < -0.4 is 0 Å². The zero-order valence-electron chi connectivity index (χ0n) is 12.4. The number of esters is 1. The molecule has 0 unspecified atom stereocenters. The van der Waals surface area contributed by atoms with Crippen molar-refractivity contribution in [3.63, 3.8) is 0 Å². The van der Waals surface area contributed by atoms with Crippen LogP contribution in [0.2, 0.25) is 0 Å². The van der Waals surface area contributed by atoms with E-state index in [0.29, 0.717) is 17.4 Å². The van der Waals surface area contributed by atoms with Crippen LogP contribution >= 0.6 is 0 Å². The number of hydrogen-bond acceptors (Lipinski definition) is 4. The van der Waals surface area contributed by atoms with Crippen molar-refractivity contribution in [2.75, 3.05) is 32.1 Å². The van der Waals surface area contributed by atoms with Gasteiger partial charge in [-0.05, 0) is 12.8 Å². The van der Waals surface area contributed by atoms with E-state index in [-0.39, 0.29) is 12.5 Å². The molecule has 0 aromatic rings. The Bertz CT molecular complexity index is 399. The number of nitrogens with zero attached hydrogens (tertiary/aromatic N) is 1. The second-order valence-electron chi connectivity index (χ2n) is 4.95. The largest absolute Gasteiger partial charge is 0.412 e. The van der Waals surface area contributed by atoms with Gasteiger partial charge in [-0.25, -0.2) is 4.79 Å². The third kappa shape index (κ3) is 8.29. The van der Waals surface area contributed by atoms with Crippen molar-refractivity contribution in [2.24, 2.45) is 0 Å². The van der Waals surface area contributed by atoms with Crippen LogP contribution in [-0.2, 0) is 19.6 Å². The Hall–Kier alpha value is -0.920. The highest BCUT2D eigenvalue weighted by molar-refractivity contribution is 7.85. The summed E-state index contributed by atoms with van der Waals surface area (Å²) in [5.41, 5.74) is 0. The van der Waals surface area contributed by atoms with Gasteiger partial charge in [0.1, 0.15) is 0 Å². The lowest BCUT2D eigenvalue weighted by molar-refractivity contribution is -0.943. The molecule has 0 amide bonds. The number of ether oxygens (including phenoxy) is 1. The number of quaternary nitrogens is 1. The first kappa shape index (κ1) is 19.1. The number of rotatable bonds is 11. The third-order valence-electron chi connectivity index (χ3n) is 3.08. The fraction of sp³-hybridized carbons (Fsp3) is 0.769. The molecule has 0 radical (unpaired) electrons. The first-order chi connectivity index (χ1) is 9.28. The lowest BCUT2D eigenvalue weighted by Gasteiger charge is -2.37. The van der Waals surface area contributed by atoms with Gasteiger partial charge in [0, 0.05) is 12.5 Å². The maximum absolute atomic E-state index is 11.2.